The number of nitrogens with one attached hydrogen (secondary N) is 2. The lowest BCUT2D eigenvalue weighted by Crippen LogP contribution is -2.51. The summed E-state index contributed by atoms with van der Waals surface area (Å²) < 4.78 is 0.909. The number of benzene rings is 2. The first-order valence-corrected chi connectivity index (χ1v) is 11.4. The summed E-state index contributed by atoms with van der Waals surface area (Å²) in [5, 5.41) is 5.97. The van der Waals surface area contributed by atoms with Crippen LogP contribution in [0.25, 0.3) is 0 Å². The zero-order valence-corrected chi connectivity index (χ0v) is 20.3. The summed E-state index contributed by atoms with van der Waals surface area (Å²) in [5.41, 5.74) is 2.08. The van der Waals surface area contributed by atoms with Gasteiger partial charge in [0.15, 0.2) is 5.11 Å². The molecule has 1 aliphatic rings. The molecule has 0 unspecified atom stereocenters. The van der Waals surface area contributed by atoms with Gasteiger partial charge in [-0.15, -0.1) is 0 Å². The Morgan fingerprint density at radius 1 is 0.935 bits per heavy atom. The fraction of sp³-hybridized carbons (Fsp3) is 0.348. The molecule has 2 amide bonds. The molecule has 0 atom stereocenters. The van der Waals surface area contributed by atoms with Crippen LogP contribution in [0.4, 0.5) is 11.4 Å². The molecule has 2 aromatic rings. The highest BCUT2D eigenvalue weighted by atomic mass is 79.9. The summed E-state index contributed by atoms with van der Waals surface area (Å²) in [5.74, 6) is -0.0605. The lowest BCUT2D eigenvalue weighted by Gasteiger charge is -2.38. The van der Waals surface area contributed by atoms with E-state index in [2.05, 4.69) is 31.5 Å². The standard InChI is InChI=1S/C23H27BrN4O2S/c1-23(2,3)21(30)28-14-12-27(13-15-28)19-10-8-18(9-11-19)25-22(31)26-20(29)16-4-6-17(24)7-5-16/h4-11H,12-15H2,1-3H3,(H2,25,26,29,31). The van der Waals surface area contributed by atoms with E-state index in [1.54, 1.807) is 12.1 Å². The first-order valence-electron chi connectivity index (χ1n) is 10.2. The molecule has 0 spiro atoms. The maximum Gasteiger partial charge on any atom is 0.257 e. The Hall–Kier alpha value is -2.45. The smallest absolute Gasteiger partial charge is 0.257 e. The van der Waals surface area contributed by atoms with E-state index in [4.69, 9.17) is 12.2 Å². The van der Waals surface area contributed by atoms with Gasteiger partial charge in [-0.05, 0) is 60.7 Å². The Morgan fingerprint density at radius 2 is 1.52 bits per heavy atom. The second kappa shape index (κ2) is 9.78. The molecule has 0 bridgehead atoms. The van der Waals surface area contributed by atoms with Gasteiger partial charge in [0.25, 0.3) is 5.91 Å². The van der Waals surface area contributed by atoms with E-state index in [1.165, 1.54) is 0 Å². The quantitative estimate of drug-likeness (QED) is 0.613. The monoisotopic (exact) mass is 502 g/mol. The molecular formula is C23H27BrN4O2S. The topological polar surface area (TPSA) is 64.7 Å². The largest absolute Gasteiger partial charge is 0.368 e. The number of rotatable bonds is 3. The van der Waals surface area contributed by atoms with Crippen LogP contribution >= 0.6 is 28.1 Å². The molecule has 0 aliphatic carbocycles. The number of carbonyl (C=O) groups is 2. The van der Waals surface area contributed by atoms with Crippen LogP contribution in [0.2, 0.25) is 0 Å². The van der Waals surface area contributed by atoms with Crippen molar-refractivity contribution in [2.45, 2.75) is 20.8 Å². The van der Waals surface area contributed by atoms with E-state index >= 15 is 0 Å². The summed E-state index contributed by atoms with van der Waals surface area (Å²) >= 11 is 8.61. The van der Waals surface area contributed by atoms with E-state index in [0.717, 1.165) is 42.0 Å². The minimum Gasteiger partial charge on any atom is -0.368 e. The number of hydrogen-bond donors (Lipinski definition) is 2. The number of halogens is 1. The molecule has 6 nitrogen and oxygen atoms in total. The molecule has 3 rings (SSSR count). The van der Waals surface area contributed by atoms with Crippen LogP contribution < -0.4 is 15.5 Å². The van der Waals surface area contributed by atoms with Gasteiger partial charge in [-0.2, -0.15) is 0 Å². The van der Waals surface area contributed by atoms with E-state index in [0.29, 0.717) is 5.56 Å². The van der Waals surface area contributed by atoms with Crippen molar-refractivity contribution in [3.8, 4) is 0 Å². The molecule has 2 N–H and O–H groups in total. The molecule has 1 fully saturated rings. The third-order valence-electron chi connectivity index (χ3n) is 5.03. The van der Waals surface area contributed by atoms with Crippen molar-refractivity contribution in [3.05, 3.63) is 58.6 Å². The average Bonchev–Trinajstić information content (AvgIpc) is 2.73. The van der Waals surface area contributed by atoms with Crippen molar-refractivity contribution in [3.63, 3.8) is 0 Å². The number of thiocarbonyl (C=S) groups is 1. The molecule has 0 radical (unpaired) electrons. The lowest BCUT2D eigenvalue weighted by atomic mass is 9.94. The normalized spacial score (nSPS) is 14.2. The Balaban J connectivity index is 1.51. The maximum atomic E-state index is 12.4. The Bertz CT molecular complexity index is 947. The van der Waals surface area contributed by atoms with Crippen molar-refractivity contribution in [2.24, 2.45) is 5.41 Å². The van der Waals surface area contributed by atoms with Crippen LogP contribution in [0.1, 0.15) is 31.1 Å². The highest BCUT2D eigenvalue weighted by Crippen LogP contribution is 2.22. The fourth-order valence-corrected chi connectivity index (χ4v) is 3.81. The lowest BCUT2D eigenvalue weighted by molar-refractivity contribution is -0.139. The van der Waals surface area contributed by atoms with Crippen molar-refractivity contribution in [2.75, 3.05) is 36.4 Å². The minimum atomic E-state index is -0.347. The van der Waals surface area contributed by atoms with E-state index < -0.39 is 0 Å². The zero-order valence-electron chi connectivity index (χ0n) is 17.9. The van der Waals surface area contributed by atoms with Crippen LogP contribution in [0.15, 0.2) is 53.0 Å². The molecule has 8 heteroatoms. The van der Waals surface area contributed by atoms with Gasteiger partial charge < -0.3 is 15.1 Å². The van der Waals surface area contributed by atoms with Crippen molar-refractivity contribution in [1.29, 1.82) is 0 Å². The van der Waals surface area contributed by atoms with Crippen LogP contribution in [0.5, 0.6) is 0 Å². The average molecular weight is 503 g/mol. The molecule has 2 aromatic carbocycles. The van der Waals surface area contributed by atoms with Gasteiger partial charge in [0, 0.05) is 53.0 Å². The molecule has 1 heterocycles. The summed E-state index contributed by atoms with van der Waals surface area (Å²) in [6.07, 6.45) is 0. The zero-order chi connectivity index (χ0) is 22.6. The minimum absolute atomic E-state index is 0.199. The molecule has 0 aromatic heterocycles. The van der Waals surface area contributed by atoms with Crippen LogP contribution in [-0.4, -0.2) is 48.0 Å². The van der Waals surface area contributed by atoms with Crippen molar-refractivity contribution >= 4 is 56.4 Å². The van der Waals surface area contributed by atoms with Gasteiger partial charge in [-0.25, -0.2) is 0 Å². The molecule has 0 saturated carbocycles. The summed E-state index contributed by atoms with van der Waals surface area (Å²) in [7, 11) is 0. The van der Waals surface area contributed by atoms with Gasteiger partial charge in [0.2, 0.25) is 5.91 Å². The second-order valence-electron chi connectivity index (χ2n) is 8.49. The predicted octanol–water partition coefficient (Wildman–Crippen LogP) is 4.27. The Labute approximate surface area is 197 Å². The number of anilines is 2. The van der Waals surface area contributed by atoms with E-state index in [-0.39, 0.29) is 22.3 Å². The van der Waals surface area contributed by atoms with Gasteiger partial charge in [-0.3, -0.25) is 14.9 Å². The summed E-state index contributed by atoms with van der Waals surface area (Å²) in [6.45, 7) is 8.93. The third-order valence-corrected chi connectivity index (χ3v) is 5.77. The number of nitrogens with zero attached hydrogens (tertiary/aromatic N) is 2. The Morgan fingerprint density at radius 3 is 2.06 bits per heavy atom. The second-order valence-corrected chi connectivity index (χ2v) is 9.82. The molecular weight excluding hydrogens is 476 g/mol. The SMILES string of the molecule is CC(C)(C)C(=O)N1CCN(c2ccc(NC(=S)NC(=O)c3ccc(Br)cc3)cc2)CC1. The first-order chi connectivity index (χ1) is 14.6. The molecule has 1 aliphatic heterocycles. The number of hydrogen-bond acceptors (Lipinski definition) is 4. The van der Waals surface area contributed by atoms with Gasteiger partial charge in [-0.1, -0.05) is 36.7 Å². The van der Waals surface area contributed by atoms with Crippen LogP contribution in [0.3, 0.4) is 0 Å². The van der Waals surface area contributed by atoms with Gasteiger partial charge in [0.1, 0.15) is 0 Å². The van der Waals surface area contributed by atoms with Crippen molar-refractivity contribution in [1.82, 2.24) is 10.2 Å². The number of piperazine rings is 1. The van der Waals surface area contributed by atoms with E-state index in [1.807, 2.05) is 62.1 Å². The third kappa shape index (κ3) is 6.27. The fourth-order valence-electron chi connectivity index (χ4n) is 3.34. The number of amides is 2. The van der Waals surface area contributed by atoms with Gasteiger partial charge >= 0.3 is 0 Å². The highest BCUT2D eigenvalue weighted by molar-refractivity contribution is 9.10. The number of carbonyl (C=O) groups excluding carboxylic acids is 2. The highest BCUT2D eigenvalue weighted by Gasteiger charge is 2.29. The van der Waals surface area contributed by atoms with E-state index in [9.17, 15) is 9.59 Å². The Kier molecular flexibility index (Phi) is 7.33. The first kappa shape index (κ1) is 23.2. The molecule has 31 heavy (non-hydrogen) atoms. The predicted molar refractivity (Wildman–Crippen MR) is 133 cm³/mol. The maximum absolute atomic E-state index is 12.4. The summed E-state index contributed by atoms with van der Waals surface area (Å²) in [6, 6.07) is 15.0. The van der Waals surface area contributed by atoms with Gasteiger partial charge in [0.05, 0.1) is 0 Å². The molecule has 164 valence electrons. The van der Waals surface area contributed by atoms with Crippen LogP contribution in [0, 0.1) is 5.41 Å². The van der Waals surface area contributed by atoms with Crippen LogP contribution in [-0.2, 0) is 4.79 Å². The van der Waals surface area contributed by atoms with Crippen molar-refractivity contribution < 1.29 is 9.59 Å². The molecule has 1 saturated heterocycles. The summed E-state index contributed by atoms with van der Waals surface area (Å²) in [4.78, 5) is 28.9.